The molecule has 3 heterocycles. The Morgan fingerprint density at radius 3 is 2.62 bits per heavy atom. The van der Waals surface area contributed by atoms with E-state index in [4.69, 9.17) is 0 Å². The summed E-state index contributed by atoms with van der Waals surface area (Å²) in [4.78, 5) is 15.2. The number of piperazine rings is 1. The highest BCUT2D eigenvalue weighted by Crippen LogP contribution is 2.29. The van der Waals surface area contributed by atoms with Gasteiger partial charge in [-0.3, -0.25) is 4.90 Å². The van der Waals surface area contributed by atoms with Crippen LogP contribution in [0.2, 0.25) is 0 Å². The fourth-order valence-electron chi connectivity index (χ4n) is 3.77. The SMILES string of the molecule is c1nc(N2CCN(C3CCCCC3)CC2)c2ccsc2n1. The van der Waals surface area contributed by atoms with Crippen molar-refractivity contribution in [2.24, 2.45) is 0 Å². The van der Waals surface area contributed by atoms with Gasteiger partial charge >= 0.3 is 0 Å². The molecule has 2 aromatic rings. The Morgan fingerprint density at radius 1 is 1.00 bits per heavy atom. The van der Waals surface area contributed by atoms with E-state index in [1.54, 1.807) is 17.7 Å². The van der Waals surface area contributed by atoms with E-state index in [1.807, 2.05) is 0 Å². The molecule has 1 saturated carbocycles. The summed E-state index contributed by atoms with van der Waals surface area (Å²) in [5.74, 6) is 1.13. The molecule has 2 aromatic heterocycles. The molecular formula is C16H22N4S. The summed E-state index contributed by atoms with van der Waals surface area (Å²) in [5.41, 5.74) is 0. The molecule has 112 valence electrons. The zero-order chi connectivity index (χ0) is 14.1. The molecule has 2 aliphatic rings. The first-order valence-electron chi connectivity index (χ1n) is 8.09. The van der Waals surface area contributed by atoms with Crippen molar-refractivity contribution in [3.63, 3.8) is 0 Å². The predicted octanol–water partition coefficient (Wildman–Crippen LogP) is 3.15. The van der Waals surface area contributed by atoms with Crippen molar-refractivity contribution in [3.8, 4) is 0 Å². The third-order valence-electron chi connectivity index (χ3n) is 4.95. The van der Waals surface area contributed by atoms with Gasteiger partial charge < -0.3 is 4.90 Å². The number of rotatable bonds is 2. The van der Waals surface area contributed by atoms with E-state index in [1.165, 1.54) is 50.6 Å². The maximum Gasteiger partial charge on any atom is 0.140 e. The third kappa shape index (κ3) is 2.64. The van der Waals surface area contributed by atoms with Gasteiger partial charge in [0.2, 0.25) is 0 Å². The molecule has 1 saturated heterocycles. The molecule has 0 N–H and O–H groups in total. The summed E-state index contributed by atoms with van der Waals surface area (Å²) >= 11 is 1.70. The third-order valence-corrected chi connectivity index (χ3v) is 5.77. The Morgan fingerprint density at radius 2 is 1.81 bits per heavy atom. The average Bonchev–Trinajstić information content (AvgIpc) is 3.04. The minimum Gasteiger partial charge on any atom is -0.353 e. The number of anilines is 1. The molecule has 1 aliphatic carbocycles. The van der Waals surface area contributed by atoms with E-state index in [0.717, 1.165) is 29.8 Å². The van der Waals surface area contributed by atoms with Crippen LogP contribution in [-0.4, -0.2) is 47.1 Å². The molecule has 0 spiro atoms. The van der Waals surface area contributed by atoms with E-state index in [-0.39, 0.29) is 0 Å². The van der Waals surface area contributed by atoms with Crippen molar-refractivity contribution in [2.75, 3.05) is 31.1 Å². The van der Waals surface area contributed by atoms with Crippen LogP contribution in [0.25, 0.3) is 10.2 Å². The smallest absolute Gasteiger partial charge is 0.140 e. The van der Waals surface area contributed by atoms with E-state index >= 15 is 0 Å². The first kappa shape index (κ1) is 13.5. The Kier molecular flexibility index (Phi) is 3.78. The summed E-state index contributed by atoms with van der Waals surface area (Å²) in [7, 11) is 0. The summed E-state index contributed by atoms with van der Waals surface area (Å²) in [6, 6.07) is 3.00. The quantitative estimate of drug-likeness (QED) is 0.853. The number of fused-ring (bicyclic) bond motifs is 1. The standard InChI is InChI=1S/C16H22N4S/c1-2-4-13(5-3-1)19-7-9-20(10-8-19)15-14-6-11-21-16(14)18-12-17-15/h6,11-13H,1-5,7-10H2. The van der Waals surface area contributed by atoms with Crippen LogP contribution >= 0.6 is 11.3 Å². The minimum absolute atomic E-state index is 0.840. The summed E-state index contributed by atoms with van der Waals surface area (Å²) in [6.07, 6.45) is 8.80. The lowest BCUT2D eigenvalue weighted by atomic mass is 9.94. The Bertz CT molecular complexity index is 597. The summed E-state index contributed by atoms with van der Waals surface area (Å²) < 4.78 is 0. The van der Waals surface area contributed by atoms with Crippen LogP contribution in [0.1, 0.15) is 32.1 Å². The number of hydrogen-bond donors (Lipinski definition) is 0. The van der Waals surface area contributed by atoms with Gasteiger partial charge in [-0.25, -0.2) is 9.97 Å². The van der Waals surface area contributed by atoms with Crippen molar-refractivity contribution >= 4 is 27.4 Å². The van der Waals surface area contributed by atoms with Gasteiger partial charge in [0, 0.05) is 32.2 Å². The molecule has 4 nitrogen and oxygen atoms in total. The molecule has 0 aromatic carbocycles. The van der Waals surface area contributed by atoms with E-state index in [2.05, 4.69) is 31.2 Å². The van der Waals surface area contributed by atoms with E-state index in [0.29, 0.717) is 0 Å². The molecule has 1 aliphatic heterocycles. The molecule has 5 heteroatoms. The molecule has 4 rings (SSSR count). The van der Waals surface area contributed by atoms with Gasteiger partial charge in [0.1, 0.15) is 17.0 Å². The van der Waals surface area contributed by atoms with Crippen molar-refractivity contribution in [1.82, 2.24) is 14.9 Å². The highest BCUT2D eigenvalue weighted by Gasteiger charge is 2.26. The van der Waals surface area contributed by atoms with Gasteiger partial charge in [-0.2, -0.15) is 0 Å². The first-order valence-corrected chi connectivity index (χ1v) is 8.97. The van der Waals surface area contributed by atoms with E-state index in [9.17, 15) is 0 Å². The fraction of sp³-hybridized carbons (Fsp3) is 0.625. The molecule has 0 atom stereocenters. The van der Waals surface area contributed by atoms with Crippen molar-refractivity contribution < 1.29 is 0 Å². The average molecular weight is 302 g/mol. The van der Waals surface area contributed by atoms with Crippen LogP contribution in [0.5, 0.6) is 0 Å². The van der Waals surface area contributed by atoms with Crippen molar-refractivity contribution in [1.29, 1.82) is 0 Å². The number of hydrogen-bond acceptors (Lipinski definition) is 5. The van der Waals surface area contributed by atoms with Crippen LogP contribution in [0.15, 0.2) is 17.8 Å². The predicted molar refractivity (Wildman–Crippen MR) is 88.1 cm³/mol. The van der Waals surface area contributed by atoms with Gasteiger partial charge in [0.05, 0.1) is 5.39 Å². The van der Waals surface area contributed by atoms with Crippen LogP contribution in [-0.2, 0) is 0 Å². The number of aromatic nitrogens is 2. The number of nitrogens with zero attached hydrogens (tertiary/aromatic N) is 4. The van der Waals surface area contributed by atoms with Crippen molar-refractivity contribution in [2.45, 2.75) is 38.1 Å². The Balaban J connectivity index is 1.46. The lowest BCUT2D eigenvalue weighted by Gasteiger charge is -2.41. The van der Waals surface area contributed by atoms with Gasteiger partial charge in [-0.15, -0.1) is 11.3 Å². The second kappa shape index (κ2) is 5.89. The molecule has 0 radical (unpaired) electrons. The Labute approximate surface area is 129 Å². The normalized spacial score (nSPS) is 22.0. The zero-order valence-electron chi connectivity index (χ0n) is 12.4. The van der Waals surface area contributed by atoms with Gasteiger partial charge in [0.25, 0.3) is 0 Å². The first-order chi connectivity index (χ1) is 10.4. The molecule has 0 bridgehead atoms. The van der Waals surface area contributed by atoms with Crippen LogP contribution in [0.4, 0.5) is 5.82 Å². The molecule has 21 heavy (non-hydrogen) atoms. The Hall–Kier alpha value is -1.20. The lowest BCUT2D eigenvalue weighted by Crippen LogP contribution is -2.51. The number of thiophene rings is 1. The van der Waals surface area contributed by atoms with Crippen molar-refractivity contribution in [3.05, 3.63) is 17.8 Å². The van der Waals surface area contributed by atoms with Gasteiger partial charge in [0.15, 0.2) is 0 Å². The van der Waals surface area contributed by atoms with Crippen LogP contribution in [0, 0.1) is 0 Å². The highest BCUT2D eigenvalue weighted by molar-refractivity contribution is 7.16. The molecule has 0 amide bonds. The van der Waals surface area contributed by atoms with E-state index < -0.39 is 0 Å². The summed E-state index contributed by atoms with van der Waals surface area (Å²) in [6.45, 7) is 4.55. The van der Waals surface area contributed by atoms with Gasteiger partial charge in [-0.05, 0) is 24.3 Å². The molecule has 2 fully saturated rings. The highest BCUT2D eigenvalue weighted by atomic mass is 32.1. The maximum absolute atomic E-state index is 4.54. The summed E-state index contributed by atoms with van der Waals surface area (Å²) in [5, 5.41) is 3.33. The monoisotopic (exact) mass is 302 g/mol. The maximum atomic E-state index is 4.54. The molecular weight excluding hydrogens is 280 g/mol. The molecule has 0 unspecified atom stereocenters. The topological polar surface area (TPSA) is 32.3 Å². The largest absolute Gasteiger partial charge is 0.353 e. The minimum atomic E-state index is 0.840. The fourth-order valence-corrected chi connectivity index (χ4v) is 4.50. The second-order valence-corrected chi connectivity index (χ2v) is 7.05. The zero-order valence-corrected chi connectivity index (χ0v) is 13.2. The van der Waals surface area contributed by atoms with Crippen LogP contribution in [0.3, 0.4) is 0 Å². The second-order valence-electron chi connectivity index (χ2n) is 6.15. The van der Waals surface area contributed by atoms with Gasteiger partial charge in [-0.1, -0.05) is 19.3 Å². The van der Waals surface area contributed by atoms with Crippen LogP contribution < -0.4 is 4.90 Å². The lowest BCUT2D eigenvalue weighted by molar-refractivity contribution is 0.148.